The zero-order valence-corrected chi connectivity index (χ0v) is 13.9. The Hall–Kier alpha value is -2.99. The van der Waals surface area contributed by atoms with Gasteiger partial charge in [0.1, 0.15) is 28.4 Å². The number of anilines is 3. The average Bonchev–Trinajstić information content (AvgIpc) is 3.22. The summed E-state index contributed by atoms with van der Waals surface area (Å²) in [5, 5.41) is 15.9. The maximum atomic E-state index is 8.85. The van der Waals surface area contributed by atoms with E-state index in [1.807, 2.05) is 23.8 Å². The topological polar surface area (TPSA) is 104 Å². The first-order chi connectivity index (χ1) is 11.7. The fraction of sp³-hybridized carbons (Fsp3) is 0.267. The van der Waals surface area contributed by atoms with Gasteiger partial charge in [0.25, 0.3) is 0 Å². The van der Waals surface area contributed by atoms with Crippen LogP contribution in [-0.2, 0) is 6.54 Å². The molecule has 0 aliphatic rings. The Labute approximate surface area is 143 Å². The number of imidazole rings is 1. The van der Waals surface area contributed by atoms with Crippen molar-refractivity contribution in [2.24, 2.45) is 0 Å². The predicted molar refractivity (Wildman–Crippen MR) is 92.2 cm³/mol. The SMILES string of the molecule is Cc1nc(NCCCn2ccnc2)cc(Nc2ncc(C#N)s2)n1. The molecule has 0 spiro atoms. The highest BCUT2D eigenvalue weighted by atomic mass is 32.1. The number of nitriles is 1. The molecule has 0 unspecified atom stereocenters. The number of aryl methyl sites for hydroxylation is 2. The van der Waals surface area contributed by atoms with Crippen molar-refractivity contribution in [1.82, 2.24) is 24.5 Å². The molecule has 8 nitrogen and oxygen atoms in total. The number of hydrogen-bond donors (Lipinski definition) is 2. The molecule has 3 aromatic heterocycles. The van der Waals surface area contributed by atoms with Gasteiger partial charge >= 0.3 is 0 Å². The lowest BCUT2D eigenvalue weighted by atomic mass is 10.4. The molecule has 9 heteroatoms. The van der Waals surface area contributed by atoms with E-state index in [0.29, 0.717) is 21.7 Å². The zero-order valence-electron chi connectivity index (χ0n) is 13.1. The molecule has 2 N–H and O–H groups in total. The van der Waals surface area contributed by atoms with Crippen LogP contribution < -0.4 is 10.6 Å². The van der Waals surface area contributed by atoms with Crippen molar-refractivity contribution in [3.05, 3.63) is 41.7 Å². The molecule has 0 bridgehead atoms. The quantitative estimate of drug-likeness (QED) is 0.637. The maximum absolute atomic E-state index is 8.85. The summed E-state index contributed by atoms with van der Waals surface area (Å²) in [6, 6.07) is 3.90. The van der Waals surface area contributed by atoms with Gasteiger partial charge in [0.05, 0.1) is 12.5 Å². The molecular formula is C15H16N8S. The van der Waals surface area contributed by atoms with Crippen LogP contribution in [0.1, 0.15) is 17.1 Å². The van der Waals surface area contributed by atoms with Crippen LogP contribution in [0.15, 0.2) is 31.0 Å². The second kappa shape index (κ2) is 7.52. The summed E-state index contributed by atoms with van der Waals surface area (Å²) in [4.78, 5) is 17.4. The molecule has 0 aliphatic carbocycles. The molecule has 3 aromatic rings. The number of nitrogens with one attached hydrogen (secondary N) is 2. The van der Waals surface area contributed by atoms with Crippen molar-refractivity contribution in [3.63, 3.8) is 0 Å². The third kappa shape index (κ3) is 4.27. The predicted octanol–water partition coefficient (Wildman–Crippen LogP) is 2.56. The third-order valence-corrected chi connectivity index (χ3v) is 3.96. The summed E-state index contributed by atoms with van der Waals surface area (Å²) >= 11 is 1.29. The summed E-state index contributed by atoms with van der Waals surface area (Å²) in [5.74, 6) is 2.07. The Kier molecular flexibility index (Phi) is 4.98. The lowest BCUT2D eigenvalue weighted by Gasteiger charge is -2.09. The van der Waals surface area contributed by atoms with Gasteiger partial charge in [-0.1, -0.05) is 11.3 Å². The molecule has 0 saturated carbocycles. The minimum atomic E-state index is 0.557. The lowest BCUT2D eigenvalue weighted by molar-refractivity contribution is 0.660. The number of rotatable bonds is 7. The molecule has 0 saturated heterocycles. The average molecular weight is 340 g/mol. The minimum absolute atomic E-state index is 0.557. The van der Waals surface area contributed by atoms with Crippen LogP contribution in [0, 0.1) is 18.3 Å². The van der Waals surface area contributed by atoms with E-state index in [1.54, 1.807) is 12.5 Å². The van der Waals surface area contributed by atoms with Gasteiger partial charge in [-0.15, -0.1) is 0 Å². The van der Waals surface area contributed by atoms with E-state index >= 15 is 0 Å². The largest absolute Gasteiger partial charge is 0.370 e. The molecular weight excluding hydrogens is 324 g/mol. The van der Waals surface area contributed by atoms with E-state index in [9.17, 15) is 0 Å². The number of hydrogen-bond acceptors (Lipinski definition) is 8. The zero-order chi connectivity index (χ0) is 16.8. The molecule has 0 radical (unpaired) electrons. The molecule has 0 amide bonds. The second-order valence-electron chi connectivity index (χ2n) is 5.03. The Morgan fingerprint density at radius 3 is 2.96 bits per heavy atom. The van der Waals surface area contributed by atoms with Crippen LogP contribution in [0.25, 0.3) is 0 Å². The molecule has 0 aromatic carbocycles. The van der Waals surface area contributed by atoms with Crippen LogP contribution in [0.2, 0.25) is 0 Å². The van der Waals surface area contributed by atoms with E-state index in [1.165, 1.54) is 17.5 Å². The van der Waals surface area contributed by atoms with Gasteiger partial charge in [0, 0.05) is 31.5 Å². The van der Waals surface area contributed by atoms with Crippen LogP contribution >= 0.6 is 11.3 Å². The summed E-state index contributed by atoms with van der Waals surface area (Å²) in [6.45, 7) is 3.53. The Bertz CT molecular complexity index is 834. The highest BCUT2D eigenvalue weighted by Crippen LogP contribution is 2.22. The molecule has 3 heterocycles. The van der Waals surface area contributed by atoms with Gasteiger partial charge in [-0.2, -0.15) is 5.26 Å². The third-order valence-electron chi connectivity index (χ3n) is 3.15. The smallest absolute Gasteiger partial charge is 0.189 e. The highest BCUT2D eigenvalue weighted by Gasteiger charge is 2.05. The number of thiazole rings is 1. The van der Waals surface area contributed by atoms with Crippen LogP contribution in [0.4, 0.5) is 16.8 Å². The minimum Gasteiger partial charge on any atom is -0.370 e. The normalized spacial score (nSPS) is 10.3. The first kappa shape index (κ1) is 15.9. The Morgan fingerprint density at radius 2 is 2.21 bits per heavy atom. The summed E-state index contributed by atoms with van der Waals surface area (Å²) in [7, 11) is 0. The van der Waals surface area contributed by atoms with Crippen LogP contribution in [0.5, 0.6) is 0 Å². The van der Waals surface area contributed by atoms with Gasteiger partial charge in [-0.05, 0) is 13.3 Å². The highest BCUT2D eigenvalue weighted by molar-refractivity contribution is 7.16. The standard InChI is InChI=1S/C15H16N8S/c1-11-20-13(18-3-2-5-23-6-4-17-10-23)7-14(21-11)22-15-19-9-12(8-16)24-15/h4,6-7,9-10H,2-3,5H2,1H3,(H2,18,19,20,21,22). The van der Waals surface area contributed by atoms with E-state index < -0.39 is 0 Å². The fourth-order valence-corrected chi connectivity index (χ4v) is 2.73. The van der Waals surface area contributed by atoms with Crippen molar-refractivity contribution in [2.75, 3.05) is 17.2 Å². The van der Waals surface area contributed by atoms with Crippen molar-refractivity contribution in [3.8, 4) is 6.07 Å². The van der Waals surface area contributed by atoms with Crippen LogP contribution in [-0.4, -0.2) is 31.0 Å². The van der Waals surface area contributed by atoms with Gasteiger partial charge in [0.2, 0.25) is 0 Å². The van der Waals surface area contributed by atoms with Gasteiger partial charge in [-0.25, -0.2) is 19.9 Å². The summed E-state index contributed by atoms with van der Waals surface area (Å²) < 4.78 is 2.04. The number of aromatic nitrogens is 5. The molecule has 0 atom stereocenters. The monoisotopic (exact) mass is 340 g/mol. The summed E-state index contributed by atoms with van der Waals surface area (Å²) in [5.41, 5.74) is 0. The Balaban J connectivity index is 1.57. The molecule has 24 heavy (non-hydrogen) atoms. The number of nitrogens with zero attached hydrogens (tertiary/aromatic N) is 6. The Morgan fingerprint density at radius 1 is 1.33 bits per heavy atom. The van der Waals surface area contributed by atoms with E-state index in [0.717, 1.165) is 25.3 Å². The van der Waals surface area contributed by atoms with E-state index in [2.05, 4.69) is 36.6 Å². The maximum Gasteiger partial charge on any atom is 0.189 e. The first-order valence-corrected chi connectivity index (χ1v) is 8.23. The van der Waals surface area contributed by atoms with Crippen molar-refractivity contribution in [2.45, 2.75) is 19.9 Å². The van der Waals surface area contributed by atoms with Crippen molar-refractivity contribution in [1.29, 1.82) is 5.26 Å². The second-order valence-corrected chi connectivity index (χ2v) is 6.06. The van der Waals surface area contributed by atoms with Gasteiger partial charge < -0.3 is 15.2 Å². The summed E-state index contributed by atoms with van der Waals surface area (Å²) in [6.07, 6.45) is 8.02. The lowest BCUT2D eigenvalue weighted by Crippen LogP contribution is -2.08. The van der Waals surface area contributed by atoms with E-state index in [-0.39, 0.29) is 0 Å². The van der Waals surface area contributed by atoms with Crippen molar-refractivity contribution >= 4 is 28.1 Å². The molecule has 3 rings (SSSR count). The molecule has 0 fully saturated rings. The van der Waals surface area contributed by atoms with E-state index in [4.69, 9.17) is 5.26 Å². The van der Waals surface area contributed by atoms with Gasteiger partial charge in [0.15, 0.2) is 5.13 Å². The van der Waals surface area contributed by atoms with Crippen molar-refractivity contribution < 1.29 is 0 Å². The van der Waals surface area contributed by atoms with Crippen LogP contribution in [0.3, 0.4) is 0 Å². The first-order valence-electron chi connectivity index (χ1n) is 7.41. The fourth-order valence-electron chi connectivity index (χ4n) is 2.11. The van der Waals surface area contributed by atoms with Gasteiger partial charge in [-0.3, -0.25) is 0 Å². The molecule has 122 valence electrons. The molecule has 0 aliphatic heterocycles.